The number of carbonyl (C=O) groups is 1. The zero-order valence-corrected chi connectivity index (χ0v) is 10.3. The third kappa shape index (κ3) is 2.55. The predicted molar refractivity (Wildman–Crippen MR) is 64.3 cm³/mol. The van der Waals surface area contributed by atoms with E-state index in [4.69, 9.17) is 0 Å². The van der Waals surface area contributed by atoms with E-state index in [0.29, 0.717) is 12.6 Å². The number of piperidine rings is 2. The highest BCUT2D eigenvalue weighted by Gasteiger charge is 2.35. The fraction of sp³-hybridized carbons (Fsp3) is 0.917. The number of nitrogens with zero attached hydrogens (tertiary/aromatic N) is 1. The van der Waals surface area contributed by atoms with Crippen LogP contribution in [0, 0.1) is 0 Å². The maximum Gasteiger partial charge on any atom is 0.233 e. The zero-order chi connectivity index (χ0) is 11.5. The SMILES string of the molecule is CNC(=O)CNC1CC2CCCC(C1)N2C. The first-order valence-electron chi connectivity index (χ1n) is 6.36. The second-order valence-electron chi connectivity index (χ2n) is 5.13. The summed E-state index contributed by atoms with van der Waals surface area (Å²) in [5.74, 6) is 0.0871. The van der Waals surface area contributed by atoms with Gasteiger partial charge in [-0.1, -0.05) is 6.42 Å². The minimum atomic E-state index is 0.0871. The van der Waals surface area contributed by atoms with Crippen molar-refractivity contribution in [2.75, 3.05) is 20.6 Å². The van der Waals surface area contributed by atoms with Crippen LogP contribution < -0.4 is 10.6 Å². The highest BCUT2D eigenvalue weighted by molar-refractivity contribution is 5.77. The van der Waals surface area contributed by atoms with Crippen LogP contribution in [0.15, 0.2) is 0 Å². The van der Waals surface area contributed by atoms with Gasteiger partial charge in [0.2, 0.25) is 5.91 Å². The van der Waals surface area contributed by atoms with Crippen molar-refractivity contribution < 1.29 is 4.79 Å². The molecule has 2 fully saturated rings. The smallest absolute Gasteiger partial charge is 0.233 e. The largest absolute Gasteiger partial charge is 0.358 e. The molecule has 2 heterocycles. The first-order valence-corrected chi connectivity index (χ1v) is 6.36. The number of nitrogens with one attached hydrogen (secondary N) is 2. The monoisotopic (exact) mass is 225 g/mol. The molecule has 0 aromatic heterocycles. The zero-order valence-electron chi connectivity index (χ0n) is 10.3. The van der Waals surface area contributed by atoms with Gasteiger partial charge in [-0.25, -0.2) is 0 Å². The molecule has 2 rings (SSSR count). The van der Waals surface area contributed by atoms with Crippen molar-refractivity contribution in [1.82, 2.24) is 15.5 Å². The molecule has 2 aliphatic heterocycles. The molecule has 16 heavy (non-hydrogen) atoms. The van der Waals surface area contributed by atoms with Crippen LogP contribution in [-0.2, 0) is 4.79 Å². The van der Waals surface area contributed by atoms with E-state index >= 15 is 0 Å². The summed E-state index contributed by atoms with van der Waals surface area (Å²) in [6.07, 6.45) is 6.42. The lowest BCUT2D eigenvalue weighted by molar-refractivity contribution is -0.120. The Morgan fingerprint density at radius 3 is 2.50 bits per heavy atom. The number of rotatable bonds is 3. The molecule has 1 amide bonds. The molecule has 4 nitrogen and oxygen atoms in total. The van der Waals surface area contributed by atoms with E-state index in [1.807, 2.05) is 0 Å². The Balaban J connectivity index is 1.82. The molecule has 0 spiro atoms. The number of likely N-dealkylation sites (N-methyl/N-ethyl adjacent to an activating group) is 1. The molecule has 92 valence electrons. The first-order chi connectivity index (χ1) is 7.70. The van der Waals surface area contributed by atoms with Gasteiger partial charge in [0.05, 0.1) is 6.54 Å². The molecule has 2 N–H and O–H groups in total. The molecular formula is C12H23N3O. The Hall–Kier alpha value is -0.610. The summed E-state index contributed by atoms with van der Waals surface area (Å²) in [5, 5.41) is 6.03. The Labute approximate surface area is 97.8 Å². The summed E-state index contributed by atoms with van der Waals surface area (Å²) in [4.78, 5) is 13.7. The quantitative estimate of drug-likeness (QED) is 0.728. The van der Waals surface area contributed by atoms with E-state index in [2.05, 4.69) is 22.6 Å². The second-order valence-corrected chi connectivity index (χ2v) is 5.13. The van der Waals surface area contributed by atoms with Gasteiger partial charge in [-0.3, -0.25) is 4.79 Å². The molecule has 2 aliphatic rings. The highest BCUT2D eigenvalue weighted by Crippen LogP contribution is 2.32. The molecule has 2 saturated heterocycles. The Morgan fingerprint density at radius 2 is 1.94 bits per heavy atom. The van der Waals surface area contributed by atoms with Crippen LogP contribution in [0.3, 0.4) is 0 Å². The van der Waals surface area contributed by atoms with Crippen LogP contribution in [0.4, 0.5) is 0 Å². The van der Waals surface area contributed by atoms with Crippen molar-refractivity contribution in [3.8, 4) is 0 Å². The molecular weight excluding hydrogens is 202 g/mol. The number of carbonyl (C=O) groups excluding carboxylic acids is 1. The highest BCUT2D eigenvalue weighted by atomic mass is 16.1. The van der Waals surface area contributed by atoms with Crippen molar-refractivity contribution in [3.05, 3.63) is 0 Å². The fourth-order valence-corrected chi connectivity index (χ4v) is 3.11. The summed E-state index contributed by atoms with van der Waals surface area (Å²) < 4.78 is 0. The molecule has 2 atom stereocenters. The van der Waals surface area contributed by atoms with Gasteiger partial charge in [0.1, 0.15) is 0 Å². The van der Waals surface area contributed by atoms with Crippen LogP contribution in [0.5, 0.6) is 0 Å². The van der Waals surface area contributed by atoms with Gasteiger partial charge in [-0.05, 0) is 32.7 Å². The van der Waals surface area contributed by atoms with Gasteiger partial charge in [0.25, 0.3) is 0 Å². The molecule has 0 saturated carbocycles. The molecule has 2 unspecified atom stereocenters. The normalized spacial score (nSPS) is 34.8. The molecule has 0 aliphatic carbocycles. The van der Waals surface area contributed by atoms with Gasteiger partial charge in [-0.15, -0.1) is 0 Å². The number of amides is 1. The van der Waals surface area contributed by atoms with Gasteiger partial charge in [-0.2, -0.15) is 0 Å². The lowest BCUT2D eigenvalue weighted by atomic mass is 9.82. The van der Waals surface area contributed by atoms with Crippen LogP contribution in [-0.4, -0.2) is 49.6 Å². The standard InChI is InChI=1S/C12H23N3O/c1-13-12(16)8-14-9-6-10-4-3-5-11(7-9)15(10)2/h9-11,14H,3-8H2,1-2H3,(H,13,16). The molecule has 0 aromatic rings. The maximum absolute atomic E-state index is 11.2. The van der Waals surface area contributed by atoms with Crippen molar-refractivity contribution in [2.24, 2.45) is 0 Å². The van der Waals surface area contributed by atoms with E-state index in [1.54, 1.807) is 7.05 Å². The molecule has 2 bridgehead atoms. The maximum atomic E-state index is 11.2. The lowest BCUT2D eigenvalue weighted by Gasteiger charge is -2.47. The number of hydrogen-bond acceptors (Lipinski definition) is 3. The number of fused-ring (bicyclic) bond motifs is 2. The van der Waals surface area contributed by atoms with Crippen LogP contribution in [0.1, 0.15) is 32.1 Å². The second kappa shape index (κ2) is 5.15. The van der Waals surface area contributed by atoms with E-state index in [0.717, 1.165) is 12.1 Å². The van der Waals surface area contributed by atoms with Crippen LogP contribution >= 0.6 is 0 Å². The molecule has 0 radical (unpaired) electrons. The lowest BCUT2D eigenvalue weighted by Crippen LogP contribution is -2.55. The summed E-state index contributed by atoms with van der Waals surface area (Å²) in [6, 6.07) is 1.99. The van der Waals surface area contributed by atoms with Gasteiger partial charge in [0.15, 0.2) is 0 Å². The van der Waals surface area contributed by atoms with Crippen molar-refractivity contribution in [2.45, 2.75) is 50.2 Å². The molecule has 0 aromatic carbocycles. The van der Waals surface area contributed by atoms with Crippen LogP contribution in [0.25, 0.3) is 0 Å². The van der Waals surface area contributed by atoms with Crippen molar-refractivity contribution >= 4 is 5.91 Å². The van der Waals surface area contributed by atoms with Crippen LogP contribution in [0.2, 0.25) is 0 Å². The summed E-state index contributed by atoms with van der Waals surface area (Å²) in [7, 11) is 3.94. The Kier molecular flexibility index (Phi) is 3.82. The Morgan fingerprint density at radius 1 is 1.31 bits per heavy atom. The first kappa shape index (κ1) is 11.9. The van der Waals surface area contributed by atoms with Gasteiger partial charge < -0.3 is 15.5 Å². The van der Waals surface area contributed by atoms with Gasteiger partial charge >= 0.3 is 0 Å². The summed E-state index contributed by atoms with van der Waals surface area (Å²) in [6.45, 7) is 0.463. The number of hydrogen-bond donors (Lipinski definition) is 2. The third-order valence-corrected chi connectivity index (χ3v) is 4.17. The minimum absolute atomic E-state index is 0.0871. The molecule has 4 heteroatoms. The van der Waals surface area contributed by atoms with E-state index in [1.165, 1.54) is 32.1 Å². The average molecular weight is 225 g/mol. The summed E-state index contributed by atoms with van der Waals surface area (Å²) >= 11 is 0. The van der Waals surface area contributed by atoms with E-state index < -0.39 is 0 Å². The van der Waals surface area contributed by atoms with E-state index in [-0.39, 0.29) is 5.91 Å². The average Bonchev–Trinajstić information content (AvgIpc) is 2.26. The third-order valence-electron chi connectivity index (χ3n) is 4.17. The predicted octanol–water partition coefficient (Wildman–Crippen LogP) is 0.337. The van der Waals surface area contributed by atoms with Crippen molar-refractivity contribution in [3.63, 3.8) is 0 Å². The van der Waals surface area contributed by atoms with Crippen molar-refractivity contribution in [1.29, 1.82) is 0 Å². The topological polar surface area (TPSA) is 44.4 Å². The minimum Gasteiger partial charge on any atom is -0.358 e. The summed E-state index contributed by atoms with van der Waals surface area (Å²) in [5.41, 5.74) is 0. The van der Waals surface area contributed by atoms with Gasteiger partial charge in [0, 0.05) is 25.2 Å². The Bertz CT molecular complexity index is 243. The van der Waals surface area contributed by atoms with E-state index in [9.17, 15) is 4.79 Å². The fourth-order valence-electron chi connectivity index (χ4n) is 3.11.